The van der Waals surface area contributed by atoms with Crippen molar-refractivity contribution in [2.75, 3.05) is 18.4 Å². The van der Waals surface area contributed by atoms with Crippen LogP contribution in [0.5, 0.6) is 0 Å². The topological polar surface area (TPSA) is 65.1 Å². The van der Waals surface area contributed by atoms with Crippen molar-refractivity contribution in [1.82, 2.24) is 15.3 Å². The number of fused-ring (bicyclic) bond motifs is 1. The minimum atomic E-state index is 0.607. The Bertz CT molecular complexity index is 611. The Balaban J connectivity index is 1.83. The number of guanidine groups is 1. The summed E-state index contributed by atoms with van der Waals surface area (Å²) in [6, 6.07) is 6.15. The summed E-state index contributed by atoms with van der Waals surface area (Å²) < 4.78 is 0. The zero-order valence-corrected chi connectivity index (χ0v) is 11.3. The van der Waals surface area contributed by atoms with Gasteiger partial charge in [0, 0.05) is 18.7 Å². The Morgan fingerprint density at radius 3 is 3.00 bits per heavy atom. The lowest BCUT2D eigenvalue weighted by atomic mass is 10.1. The lowest BCUT2D eigenvalue weighted by molar-refractivity contribution is 0.627. The highest BCUT2D eigenvalue weighted by molar-refractivity contribution is 5.96. The first kappa shape index (κ1) is 12.0. The molecule has 0 fully saturated rings. The minimum Gasteiger partial charge on any atom is -0.354 e. The van der Waals surface area contributed by atoms with Gasteiger partial charge in [0.1, 0.15) is 5.82 Å². The van der Waals surface area contributed by atoms with Crippen molar-refractivity contribution >= 4 is 22.7 Å². The molecule has 1 aromatic heterocycles. The fourth-order valence-electron chi connectivity index (χ4n) is 2.24. The number of H-pyrrole nitrogens is 1. The van der Waals surface area contributed by atoms with Crippen LogP contribution in [0.2, 0.25) is 0 Å². The summed E-state index contributed by atoms with van der Waals surface area (Å²) in [5, 5.41) is 6.47. The van der Waals surface area contributed by atoms with Crippen molar-refractivity contribution in [3.63, 3.8) is 0 Å². The predicted octanol–water partition coefficient (Wildman–Crippen LogP) is 2.13. The van der Waals surface area contributed by atoms with Crippen LogP contribution in [0.4, 0.5) is 5.69 Å². The number of benzene rings is 1. The second kappa shape index (κ2) is 4.91. The third-order valence-corrected chi connectivity index (χ3v) is 3.07. The van der Waals surface area contributed by atoms with Crippen LogP contribution in [0.15, 0.2) is 23.2 Å². The quantitative estimate of drug-likeness (QED) is 0.789. The third kappa shape index (κ3) is 2.70. The van der Waals surface area contributed by atoms with Crippen LogP contribution in [0.25, 0.3) is 11.0 Å². The summed E-state index contributed by atoms with van der Waals surface area (Å²) in [7, 11) is 0. The zero-order valence-electron chi connectivity index (χ0n) is 11.3. The minimum absolute atomic E-state index is 0.607. The molecular formula is C14H19N5. The van der Waals surface area contributed by atoms with Gasteiger partial charge in [-0.15, -0.1) is 0 Å². The number of anilines is 1. The monoisotopic (exact) mass is 257 g/mol. The number of hydrogen-bond donors (Lipinski definition) is 3. The molecule has 1 aromatic carbocycles. The van der Waals surface area contributed by atoms with Gasteiger partial charge < -0.3 is 15.6 Å². The van der Waals surface area contributed by atoms with E-state index in [9.17, 15) is 0 Å². The fourth-order valence-corrected chi connectivity index (χ4v) is 2.24. The molecular weight excluding hydrogens is 238 g/mol. The molecule has 5 heteroatoms. The highest BCUT2D eigenvalue weighted by Gasteiger charge is 2.08. The van der Waals surface area contributed by atoms with Gasteiger partial charge in [-0.25, -0.2) is 4.98 Å². The van der Waals surface area contributed by atoms with E-state index in [0.29, 0.717) is 5.92 Å². The van der Waals surface area contributed by atoms with Gasteiger partial charge in [-0.1, -0.05) is 13.8 Å². The van der Waals surface area contributed by atoms with E-state index in [1.165, 1.54) is 0 Å². The molecule has 0 saturated heterocycles. The van der Waals surface area contributed by atoms with Gasteiger partial charge in [-0.3, -0.25) is 4.99 Å². The molecule has 0 bridgehead atoms. The number of aromatic amines is 1. The van der Waals surface area contributed by atoms with Gasteiger partial charge in [0.2, 0.25) is 0 Å². The van der Waals surface area contributed by atoms with Gasteiger partial charge >= 0.3 is 0 Å². The van der Waals surface area contributed by atoms with Crippen LogP contribution in [-0.2, 0) is 6.42 Å². The number of rotatable bonds is 3. The maximum absolute atomic E-state index is 4.60. The summed E-state index contributed by atoms with van der Waals surface area (Å²) in [6.07, 6.45) is 0.978. The maximum Gasteiger partial charge on any atom is 0.195 e. The molecule has 100 valence electrons. The second-order valence-corrected chi connectivity index (χ2v) is 5.30. The number of aromatic nitrogens is 2. The summed E-state index contributed by atoms with van der Waals surface area (Å²) in [6.45, 7) is 6.15. The number of nitrogens with zero attached hydrogens (tertiary/aromatic N) is 2. The lowest BCUT2D eigenvalue weighted by Gasteiger charge is -2.05. The molecule has 0 atom stereocenters. The first-order valence-corrected chi connectivity index (χ1v) is 6.75. The Hall–Kier alpha value is -2.04. The summed E-state index contributed by atoms with van der Waals surface area (Å²) in [4.78, 5) is 12.3. The first-order valence-electron chi connectivity index (χ1n) is 6.75. The van der Waals surface area contributed by atoms with E-state index in [0.717, 1.165) is 48.0 Å². The van der Waals surface area contributed by atoms with Crippen molar-refractivity contribution in [2.45, 2.75) is 20.3 Å². The van der Waals surface area contributed by atoms with Crippen LogP contribution in [0.1, 0.15) is 19.7 Å². The van der Waals surface area contributed by atoms with Gasteiger partial charge in [-0.05, 0) is 24.1 Å². The average Bonchev–Trinajstić information content (AvgIpc) is 2.96. The van der Waals surface area contributed by atoms with E-state index in [4.69, 9.17) is 0 Å². The molecule has 5 nitrogen and oxygen atoms in total. The third-order valence-electron chi connectivity index (χ3n) is 3.07. The van der Waals surface area contributed by atoms with Gasteiger partial charge in [0.05, 0.1) is 17.6 Å². The molecule has 1 aliphatic heterocycles. The number of hydrogen-bond acceptors (Lipinski definition) is 4. The lowest BCUT2D eigenvalue weighted by Crippen LogP contribution is -2.26. The molecule has 0 spiro atoms. The van der Waals surface area contributed by atoms with E-state index in [2.05, 4.69) is 45.5 Å². The van der Waals surface area contributed by atoms with Crippen LogP contribution in [0.3, 0.4) is 0 Å². The molecule has 2 heterocycles. The van der Waals surface area contributed by atoms with Crippen molar-refractivity contribution in [3.05, 3.63) is 24.0 Å². The highest BCUT2D eigenvalue weighted by Crippen LogP contribution is 2.18. The van der Waals surface area contributed by atoms with Gasteiger partial charge in [0.15, 0.2) is 5.96 Å². The Morgan fingerprint density at radius 2 is 2.26 bits per heavy atom. The molecule has 0 unspecified atom stereocenters. The molecule has 0 radical (unpaired) electrons. The van der Waals surface area contributed by atoms with Crippen LogP contribution in [-0.4, -0.2) is 29.0 Å². The second-order valence-electron chi connectivity index (χ2n) is 5.30. The zero-order chi connectivity index (χ0) is 13.2. The molecule has 0 aliphatic carbocycles. The Labute approximate surface area is 112 Å². The Kier molecular flexibility index (Phi) is 3.11. The van der Waals surface area contributed by atoms with Gasteiger partial charge in [0.25, 0.3) is 0 Å². The standard InChI is InChI=1S/C14H19N5/c1-9(2)7-13-18-11-4-3-10(8-12(11)19-13)17-14-15-5-6-16-14/h3-4,8-9H,5-7H2,1-2H3,(H,18,19)(H2,15,16,17). The molecule has 3 N–H and O–H groups in total. The van der Waals surface area contributed by atoms with Gasteiger partial charge in [-0.2, -0.15) is 0 Å². The molecule has 0 amide bonds. The number of nitrogens with one attached hydrogen (secondary N) is 3. The molecule has 1 aliphatic rings. The number of imidazole rings is 1. The van der Waals surface area contributed by atoms with Crippen LogP contribution >= 0.6 is 0 Å². The van der Waals surface area contributed by atoms with E-state index in [-0.39, 0.29) is 0 Å². The number of aliphatic imine (C=N–C) groups is 1. The predicted molar refractivity (Wildman–Crippen MR) is 78.6 cm³/mol. The van der Waals surface area contributed by atoms with E-state index < -0.39 is 0 Å². The maximum atomic E-state index is 4.60. The first-order chi connectivity index (χ1) is 9.20. The largest absolute Gasteiger partial charge is 0.354 e. The molecule has 3 rings (SSSR count). The van der Waals surface area contributed by atoms with Crippen LogP contribution in [0, 0.1) is 5.92 Å². The SMILES string of the molecule is CC(C)Cc1nc2ccc(NC3=NCCN3)cc2[nH]1. The van der Waals surface area contributed by atoms with Crippen molar-refractivity contribution in [3.8, 4) is 0 Å². The summed E-state index contributed by atoms with van der Waals surface area (Å²) >= 11 is 0. The Morgan fingerprint density at radius 1 is 1.37 bits per heavy atom. The smallest absolute Gasteiger partial charge is 0.195 e. The van der Waals surface area contributed by atoms with E-state index >= 15 is 0 Å². The average molecular weight is 257 g/mol. The van der Waals surface area contributed by atoms with E-state index in [1.54, 1.807) is 0 Å². The van der Waals surface area contributed by atoms with Crippen molar-refractivity contribution in [1.29, 1.82) is 0 Å². The molecule has 19 heavy (non-hydrogen) atoms. The molecule has 0 saturated carbocycles. The molecule has 2 aromatic rings. The van der Waals surface area contributed by atoms with Crippen molar-refractivity contribution in [2.24, 2.45) is 10.9 Å². The summed E-state index contributed by atoms with van der Waals surface area (Å²) in [5.74, 6) is 2.51. The van der Waals surface area contributed by atoms with E-state index in [1.807, 2.05) is 12.1 Å². The highest BCUT2D eigenvalue weighted by atomic mass is 15.2. The fraction of sp³-hybridized carbons (Fsp3) is 0.429. The van der Waals surface area contributed by atoms with Crippen molar-refractivity contribution < 1.29 is 0 Å². The van der Waals surface area contributed by atoms with Crippen LogP contribution < -0.4 is 10.6 Å². The summed E-state index contributed by atoms with van der Waals surface area (Å²) in [5.41, 5.74) is 3.11. The normalized spacial score (nSPS) is 14.8.